The van der Waals surface area contributed by atoms with Gasteiger partial charge in [-0.25, -0.2) is 5.43 Å². The van der Waals surface area contributed by atoms with Gasteiger partial charge >= 0.3 is 0 Å². The van der Waals surface area contributed by atoms with E-state index in [1.54, 1.807) is 31.2 Å². The number of hydrazone groups is 1. The molecule has 0 saturated heterocycles. The number of aromatic nitrogens is 1. The average Bonchev–Trinajstić information content (AvgIpc) is 2.59. The summed E-state index contributed by atoms with van der Waals surface area (Å²) >= 11 is 0. The first-order chi connectivity index (χ1) is 11.1. The topological polar surface area (TPSA) is 92.7 Å². The monoisotopic (exact) mass is 310 g/mol. The van der Waals surface area contributed by atoms with E-state index in [2.05, 4.69) is 20.8 Å². The molecular formula is C16H14N4O3. The van der Waals surface area contributed by atoms with Crippen LogP contribution in [0.15, 0.2) is 47.8 Å². The molecule has 7 nitrogen and oxygen atoms in total. The van der Waals surface area contributed by atoms with Crippen LogP contribution in [0.25, 0.3) is 0 Å². The van der Waals surface area contributed by atoms with Crippen LogP contribution in [0.2, 0.25) is 0 Å². The van der Waals surface area contributed by atoms with Gasteiger partial charge in [0.1, 0.15) is 5.75 Å². The van der Waals surface area contributed by atoms with Crippen molar-refractivity contribution in [3.8, 4) is 5.75 Å². The minimum absolute atomic E-state index is 0.0153. The molecule has 1 aromatic carbocycles. The normalized spacial score (nSPS) is 13.6. The van der Waals surface area contributed by atoms with E-state index >= 15 is 0 Å². The molecule has 2 amide bonds. The summed E-state index contributed by atoms with van der Waals surface area (Å²) in [5, 5.41) is 6.81. The third-order valence-corrected chi connectivity index (χ3v) is 3.30. The summed E-state index contributed by atoms with van der Waals surface area (Å²) in [5.74, 6) is 0.0959. The molecule has 3 rings (SSSR count). The van der Waals surface area contributed by atoms with Gasteiger partial charge in [0.15, 0.2) is 6.61 Å². The Balaban J connectivity index is 1.75. The summed E-state index contributed by atoms with van der Waals surface area (Å²) in [6.45, 7) is 1.78. The highest BCUT2D eigenvalue weighted by Crippen LogP contribution is 2.28. The number of ether oxygens (including phenoxy) is 1. The Kier molecular flexibility index (Phi) is 4.01. The summed E-state index contributed by atoms with van der Waals surface area (Å²) < 4.78 is 5.30. The lowest BCUT2D eigenvalue weighted by molar-refractivity contribution is -0.118. The first-order valence-electron chi connectivity index (χ1n) is 6.95. The van der Waals surface area contributed by atoms with Gasteiger partial charge < -0.3 is 10.1 Å². The van der Waals surface area contributed by atoms with Crippen molar-refractivity contribution >= 4 is 23.2 Å². The van der Waals surface area contributed by atoms with Gasteiger partial charge in [0.25, 0.3) is 11.8 Å². The van der Waals surface area contributed by atoms with Gasteiger partial charge in [-0.2, -0.15) is 5.10 Å². The second-order valence-corrected chi connectivity index (χ2v) is 4.92. The molecule has 1 aliphatic heterocycles. The van der Waals surface area contributed by atoms with Crippen LogP contribution in [0, 0.1) is 0 Å². The van der Waals surface area contributed by atoms with Crippen molar-refractivity contribution in [3.05, 3.63) is 53.9 Å². The zero-order valence-corrected chi connectivity index (χ0v) is 12.4. The van der Waals surface area contributed by atoms with Gasteiger partial charge in [0.05, 0.1) is 11.4 Å². The van der Waals surface area contributed by atoms with E-state index < -0.39 is 0 Å². The zero-order chi connectivity index (χ0) is 16.2. The van der Waals surface area contributed by atoms with Gasteiger partial charge in [-0.1, -0.05) is 0 Å². The Hall–Kier alpha value is -3.22. The van der Waals surface area contributed by atoms with Crippen LogP contribution in [0.5, 0.6) is 5.75 Å². The second kappa shape index (κ2) is 6.27. The average molecular weight is 310 g/mol. The number of benzene rings is 1. The first kappa shape index (κ1) is 14.7. The number of carbonyl (C=O) groups excluding carboxylic acids is 2. The fourth-order valence-electron chi connectivity index (χ4n) is 2.08. The van der Waals surface area contributed by atoms with E-state index in [-0.39, 0.29) is 18.4 Å². The summed E-state index contributed by atoms with van der Waals surface area (Å²) in [6, 6.07) is 8.53. The number of hydrogen-bond donors (Lipinski definition) is 2. The predicted molar refractivity (Wildman–Crippen MR) is 84.5 cm³/mol. The van der Waals surface area contributed by atoms with Crippen molar-refractivity contribution in [3.63, 3.8) is 0 Å². The molecule has 1 aliphatic rings. The molecule has 2 aromatic rings. The number of amides is 2. The lowest BCUT2D eigenvalue weighted by Gasteiger charge is -2.18. The number of hydrogen-bond acceptors (Lipinski definition) is 5. The lowest BCUT2D eigenvalue weighted by atomic mass is 10.1. The number of fused-ring (bicyclic) bond motifs is 1. The number of anilines is 1. The quantitative estimate of drug-likeness (QED) is 0.665. The fourth-order valence-corrected chi connectivity index (χ4v) is 2.08. The highest BCUT2D eigenvalue weighted by molar-refractivity contribution is 6.03. The molecule has 0 spiro atoms. The summed E-state index contributed by atoms with van der Waals surface area (Å²) in [7, 11) is 0. The third kappa shape index (κ3) is 3.34. The molecule has 0 unspecified atom stereocenters. The van der Waals surface area contributed by atoms with Crippen molar-refractivity contribution in [2.24, 2.45) is 5.10 Å². The molecule has 0 bridgehead atoms. The van der Waals surface area contributed by atoms with Crippen molar-refractivity contribution in [2.75, 3.05) is 11.9 Å². The van der Waals surface area contributed by atoms with Crippen LogP contribution >= 0.6 is 0 Å². The van der Waals surface area contributed by atoms with Crippen molar-refractivity contribution in [1.82, 2.24) is 10.4 Å². The predicted octanol–water partition coefficient (Wildman–Crippen LogP) is 1.57. The molecule has 0 fully saturated rings. The molecule has 2 N–H and O–H groups in total. The molecule has 0 atom stereocenters. The summed E-state index contributed by atoms with van der Waals surface area (Å²) in [5.41, 5.74) is 4.93. The first-order valence-corrected chi connectivity index (χ1v) is 6.95. The summed E-state index contributed by atoms with van der Waals surface area (Å²) in [6.07, 6.45) is 3.08. The Labute approximate surface area is 132 Å². The van der Waals surface area contributed by atoms with E-state index in [9.17, 15) is 9.59 Å². The maximum Gasteiger partial charge on any atom is 0.271 e. The van der Waals surface area contributed by atoms with E-state index in [4.69, 9.17) is 4.74 Å². The SMILES string of the molecule is C/C(=N/NC(=O)c1ccncc1)c1ccc2c(c1)NC(=O)CO2. The van der Waals surface area contributed by atoms with Gasteiger partial charge in [0.2, 0.25) is 0 Å². The smallest absolute Gasteiger partial charge is 0.271 e. The molecule has 116 valence electrons. The van der Waals surface area contributed by atoms with Crippen LogP contribution in [-0.4, -0.2) is 29.1 Å². The molecular weight excluding hydrogens is 296 g/mol. The molecule has 0 saturated carbocycles. The Morgan fingerprint density at radius 2 is 2.04 bits per heavy atom. The Morgan fingerprint density at radius 1 is 1.26 bits per heavy atom. The third-order valence-electron chi connectivity index (χ3n) is 3.30. The lowest BCUT2D eigenvalue weighted by Crippen LogP contribution is -2.25. The number of carbonyl (C=O) groups is 2. The van der Waals surface area contributed by atoms with Gasteiger partial charge in [-0.05, 0) is 42.8 Å². The minimum Gasteiger partial charge on any atom is -0.482 e. The van der Waals surface area contributed by atoms with Gasteiger partial charge in [-0.3, -0.25) is 14.6 Å². The van der Waals surface area contributed by atoms with Crippen LogP contribution in [0.3, 0.4) is 0 Å². The van der Waals surface area contributed by atoms with Crippen LogP contribution < -0.4 is 15.5 Å². The number of nitrogens with zero attached hydrogens (tertiary/aromatic N) is 2. The Morgan fingerprint density at radius 3 is 2.83 bits per heavy atom. The highest BCUT2D eigenvalue weighted by Gasteiger charge is 2.16. The minimum atomic E-state index is -0.318. The van der Waals surface area contributed by atoms with E-state index in [1.807, 2.05) is 6.07 Å². The Bertz CT molecular complexity index is 787. The number of nitrogens with one attached hydrogen (secondary N) is 2. The summed E-state index contributed by atoms with van der Waals surface area (Å²) in [4.78, 5) is 27.1. The standard InChI is InChI=1S/C16H14N4O3/c1-10(19-20-16(22)11-4-6-17-7-5-11)12-2-3-14-13(8-12)18-15(21)9-23-14/h2-8H,9H2,1H3,(H,18,21)(H,20,22)/b19-10-. The van der Waals surface area contributed by atoms with Gasteiger partial charge in [-0.15, -0.1) is 0 Å². The number of pyridine rings is 1. The van der Waals surface area contributed by atoms with Crippen molar-refractivity contribution in [1.29, 1.82) is 0 Å². The van der Waals surface area contributed by atoms with Crippen LogP contribution in [0.4, 0.5) is 5.69 Å². The van der Waals surface area contributed by atoms with E-state index in [0.717, 1.165) is 5.56 Å². The van der Waals surface area contributed by atoms with Crippen molar-refractivity contribution < 1.29 is 14.3 Å². The highest BCUT2D eigenvalue weighted by atomic mass is 16.5. The fraction of sp³-hybridized carbons (Fsp3) is 0.125. The zero-order valence-electron chi connectivity index (χ0n) is 12.4. The van der Waals surface area contributed by atoms with Crippen molar-refractivity contribution in [2.45, 2.75) is 6.92 Å². The van der Waals surface area contributed by atoms with Gasteiger partial charge in [0, 0.05) is 18.0 Å². The largest absolute Gasteiger partial charge is 0.482 e. The van der Waals surface area contributed by atoms with Crippen LogP contribution in [0.1, 0.15) is 22.8 Å². The maximum absolute atomic E-state index is 11.9. The number of rotatable bonds is 3. The molecule has 7 heteroatoms. The molecule has 1 aromatic heterocycles. The van der Waals surface area contributed by atoms with E-state index in [0.29, 0.717) is 22.7 Å². The molecule has 0 radical (unpaired) electrons. The molecule has 23 heavy (non-hydrogen) atoms. The molecule has 0 aliphatic carbocycles. The van der Waals surface area contributed by atoms with E-state index in [1.165, 1.54) is 12.4 Å². The maximum atomic E-state index is 11.9. The second-order valence-electron chi connectivity index (χ2n) is 4.92. The molecule has 2 heterocycles. The van der Waals surface area contributed by atoms with Crippen LogP contribution in [-0.2, 0) is 4.79 Å².